The molecule has 1 saturated heterocycles. The first-order valence-electron chi connectivity index (χ1n) is 6.19. The number of nitrogens with one attached hydrogen (secondary N) is 2. The smallest absolute Gasteiger partial charge is 0.243 e. The lowest BCUT2D eigenvalue weighted by molar-refractivity contribution is 0.462. The van der Waals surface area contributed by atoms with Gasteiger partial charge in [0, 0.05) is 12.6 Å². The third-order valence-corrected chi connectivity index (χ3v) is 6.93. The zero-order chi connectivity index (χ0) is 15.0. The molecule has 1 heterocycles. The molecule has 1 fully saturated rings. The van der Waals surface area contributed by atoms with Crippen LogP contribution in [0.4, 0.5) is 5.69 Å². The third kappa shape index (κ3) is 3.13. The van der Waals surface area contributed by atoms with Crippen LogP contribution in [0.1, 0.15) is 13.3 Å². The van der Waals surface area contributed by atoms with Gasteiger partial charge in [0.05, 0.1) is 17.2 Å². The van der Waals surface area contributed by atoms with E-state index >= 15 is 0 Å². The van der Waals surface area contributed by atoms with Gasteiger partial charge in [0.15, 0.2) is 9.84 Å². The summed E-state index contributed by atoms with van der Waals surface area (Å²) in [5, 5.41) is 2.82. The minimum absolute atomic E-state index is 0.0136. The monoisotopic (exact) mass is 318 g/mol. The average molecular weight is 318 g/mol. The van der Waals surface area contributed by atoms with Crippen molar-refractivity contribution in [2.45, 2.75) is 23.8 Å². The highest BCUT2D eigenvalue weighted by atomic mass is 32.2. The van der Waals surface area contributed by atoms with Gasteiger partial charge in [0.2, 0.25) is 10.0 Å². The zero-order valence-corrected chi connectivity index (χ0v) is 13.0. The van der Waals surface area contributed by atoms with Crippen molar-refractivity contribution in [2.75, 3.05) is 23.9 Å². The van der Waals surface area contributed by atoms with Crippen molar-refractivity contribution in [3.8, 4) is 0 Å². The second-order valence-electron chi connectivity index (χ2n) is 5.25. The van der Waals surface area contributed by atoms with Crippen molar-refractivity contribution >= 4 is 25.5 Å². The third-order valence-electron chi connectivity index (χ3n) is 3.33. The topological polar surface area (TPSA) is 92.3 Å². The van der Waals surface area contributed by atoms with Crippen LogP contribution in [-0.2, 0) is 19.9 Å². The first-order chi connectivity index (χ1) is 9.18. The predicted octanol–water partition coefficient (Wildman–Crippen LogP) is 0.584. The maximum Gasteiger partial charge on any atom is 0.243 e. The minimum Gasteiger partial charge on any atom is -0.387 e. The lowest BCUT2D eigenvalue weighted by Crippen LogP contribution is -2.46. The molecule has 20 heavy (non-hydrogen) atoms. The Morgan fingerprint density at radius 2 is 1.90 bits per heavy atom. The quantitative estimate of drug-likeness (QED) is 0.847. The highest BCUT2D eigenvalue weighted by molar-refractivity contribution is 7.92. The summed E-state index contributed by atoms with van der Waals surface area (Å²) in [4.78, 5) is 0.119. The average Bonchev–Trinajstić information content (AvgIpc) is 2.62. The Bertz CT molecular complexity index is 713. The van der Waals surface area contributed by atoms with E-state index in [4.69, 9.17) is 0 Å². The Morgan fingerprint density at radius 1 is 1.25 bits per heavy atom. The maximum absolute atomic E-state index is 12.4. The summed E-state index contributed by atoms with van der Waals surface area (Å²) in [5.74, 6) is -0.152. The molecule has 6 nitrogen and oxygen atoms in total. The lowest BCUT2D eigenvalue weighted by atomic mass is 10.0. The van der Waals surface area contributed by atoms with Gasteiger partial charge in [-0.05, 0) is 25.5 Å². The van der Waals surface area contributed by atoms with E-state index in [-0.39, 0.29) is 22.8 Å². The molecule has 1 aromatic rings. The van der Waals surface area contributed by atoms with E-state index in [1.165, 1.54) is 6.07 Å². The fourth-order valence-electron chi connectivity index (χ4n) is 2.38. The lowest BCUT2D eigenvalue weighted by Gasteiger charge is -2.24. The SMILES string of the molecule is CNc1ccccc1S(=O)(=O)NC1(C)CCS(=O)(=O)C1. The van der Waals surface area contributed by atoms with Gasteiger partial charge in [-0.15, -0.1) is 0 Å². The van der Waals surface area contributed by atoms with Crippen molar-refractivity contribution in [3.05, 3.63) is 24.3 Å². The van der Waals surface area contributed by atoms with Crippen molar-refractivity contribution in [3.63, 3.8) is 0 Å². The fourth-order valence-corrected chi connectivity index (χ4v) is 6.21. The maximum atomic E-state index is 12.4. The van der Waals surface area contributed by atoms with Crippen LogP contribution in [0.25, 0.3) is 0 Å². The molecular weight excluding hydrogens is 300 g/mol. The van der Waals surface area contributed by atoms with Crippen molar-refractivity contribution in [1.82, 2.24) is 4.72 Å². The molecule has 0 aromatic heterocycles. The van der Waals surface area contributed by atoms with E-state index < -0.39 is 25.4 Å². The second kappa shape index (κ2) is 5.01. The number of rotatable bonds is 4. The van der Waals surface area contributed by atoms with Gasteiger partial charge in [0.25, 0.3) is 0 Å². The number of sulfone groups is 1. The second-order valence-corrected chi connectivity index (χ2v) is 9.09. The van der Waals surface area contributed by atoms with Gasteiger partial charge in [-0.2, -0.15) is 0 Å². The van der Waals surface area contributed by atoms with E-state index in [1.807, 2.05) is 0 Å². The number of benzene rings is 1. The van der Waals surface area contributed by atoms with Crippen LogP contribution in [0.3, 0.4) is 0 Å². The van der Waals surface area contributed by atoms with Crippen molar-refractivity contribution in [2.24, 2.45) is 0 Å². The number of hydrogen-bond acceptors (Lipinski definition) is 5. The molecule has 1 atom stereocenters. The van der Waals surface area contributed by atoms with Crippen LogP contribution in [0.2, 0.25) is 0 Å². The summed E-state index contributed by atoms with van der Waals surface area (Å²) in [7, 11) is -5.30. The molecule has 2 rings (SSSR count). The minimum atomic E-state index is -3.77. The summed E-state index contributed by atoms with van der Waals surface area (Å²) in [6.45, 7) is 1.62. The molecule has 0 saturated carbocycles. The first-order valence-corrected chi connectivity index (χ1v) is 9.49. The van der Waals surface area contributed by atoms with Crippen LogP contribution in [0, 0.1) is 0 Å². The summed E-state index contributed by atoms with van der Waals surface area (Å²) < 4.78 is 50.5. The molecule has 1 aromatic carbocycles. The van der Waals surface area contributed by atoms with Crippen molar-refractivity contribution in [1.29, 1.82) is 0 Å². The van der Waals surface area contributed by atoms with Crippen LogP contribution in [-0.4, -0.2) is 40.9 Å². The molecule has 0 bridgehead atoms. The largest absolute Gasteiger partial charge is 0.387 e. The molecule has 0 aliphatic carbocycles. The van der Waals surface area contributed by atoms with Crippen LogP contribution in [0.5, 0.6) is 0 Å². The van der Waals surface area contributed by atoms with E-state index in [9.17, 15) is 16.8 Å². The Hall–Kier alpha value is -1.12. The molecule has 1 unspecified atom stereocenters. The molecule has 0 amide bonds. The molecule has 0 spiro atoms. The number of hydrogen-bond donors (Lipinski definition) is 2. The number of sulfonamides is 1. The highest BCUT2D eigenvalue weighted by Gasteiger charge is 2.41. The molecule has 2 N–H and O–H groups in total. The summed E-state index contributed by atoms with van der Waals surface area (Å²) in [6, 6.07) is 6.50. The van der Waals surface area contributed by atoms with E-state index in [0.717, 1.165) is 0 Å². The Balaban J connectivity index is 2.33. The standard InChI is InChI=1S/C12H18N2O4S2/c1-12(7-8-19(15,16)9-12)14-20(17,18)11-6-4-3-5-10(11)13-2/h3-6,13-14H,7-9H2,1-2H3. The summed E-state index contributed by atoms with van der Waals surface area (Å²) in [6.07, 6.45) is 0.288. The zero-order valence-electron chi connectivity index (χ0n) is 11.4. The molecule has 112 valence electrons. The van der Waals surface area contributed by atoms with Gasteiger partial charge in [0.1, 0.15) is 4.90 Å². The Labute approximate surface area is 119 Å². The fraction of sp³-hybridized carbons (Fsp3) is 0.500. The number of anilines is 1. The molecule has 0 radical (unpaired) electrons. The van der Waals surface area contributed by atoms with Crippen LogP contribution >= 0.6 is 0 Å². The molecule has 1 aliphatic heterocycles. The Morgan fingerprint density at radius 3 is 2.45 bits per heavy atom. The van der Waals surface area contributed by atoms with Crippen LogP contribution in [0.15, 0.2) is 29.2 Å². The number of para-hydroxylation sites is 1. The summed E-state index contributed by atoms with van der Waals surface area (Å²) >= 11 is 0. The molecular formula is C12H18N2O4S2. The normalized spacial score (nSPS) is 25.5. The molecule has 8 heteroatoms. The van der Waals surface area contributed by atoms with Gasteiger partial charge < -0.3 is 5.32 Å². The van der Waals surface area contributed by atoms with Gasteiger partial charge >= 0.3 is 0 Å². The van der Waals surface area contributed by atoms with E-state index in [2.05, 4.69) is 10.0 Å². The van der Waals surface area contributed by atoms with Gasteiger partial charge in [-0.3, -0.25) is 0 Å². The van der Waals surface area contributed by atoms with Crippen LogP contribution < -0.4 is 10.0 Å². The van der Waals surface area contributed by atoms with E-state index in [1.54, 1.807) is 32.2 Å². The molecule has 1 aliphatic rings. The Kier molecular flexibility index (Phi) is 3.83. The predicted molar refractivity (Wildman–Crippen MR) is 78.0 cm³/mol. The van der Waals surface area contributed by atoms with E-state index in [0.29, 0.717) is 5.69 Å². The summed E-state index contributed by atoms with van der Waals surface area (Å²) in [5.41, 5.74) is -0.470. The highest BCUT2D eigenvalue weighted by Crippen LogP contribution is 2.27. The van der Waals surface area contributed by atoms with Gasteiger partial charge in [-0.25, -0.2) is 21.6 Å². The van der Waals surface area contributed by atoms with Gasteiger partial charge in [-0.1, -0.05) is 12.1 Å². The van der Waals surface area contributed by atoms with Crippen molar-refractivity contribution < 1.29 is 16.8 Å². The first kappa shape index (κ1) is 15.3.